The zero-order valence-electron chi connectivity index (χ0n) is 14.1. The summed E-state index contributed by atoms with van der Waals surface area (Å²) in [5.41, 5.74) is 3.94. The molecule has 0 aliphatic carbocycles. The molecule has 2 aromatic heterocycles. The molecule has 1 saturated heterocycles. The Morgan fingerprint density at radius 3 is 2.52 bits per heavy atom. The molecule has 4 heteroatoms. The third kappa shape index (κ3) is 3.20. The monoisotopic (exact) mass is 331 g/mol. The summed E-state index contributed by atoms with van der Waals surface area (Å²) in [6.07, 6.45) is 8.98. The molecule has 126 valence electrons. The van der Waals surface area contributed by atoms with Crippen LogP contribution >= 0.6 is 0 Å². The largest absolute Gasteiger partial charge is 0.339 e. The van der Waals surface area contributed by atoms with Gasteiger partial charge < -0.3 is 4.90 Å². The minimum atomic E-state index is 0.0917. The Kier molecular flexibility index (Phi) is 4.34. The van der Waals surface area contributed by atoms with E-state index in [4.69, 9.17) is 5.10 Å². The fourth-order valence-electron chi connectivity index (χ4n) is 3.37. The van der Waals surface area contributed by atoms with Crippen molar-refractivity contribution in [2.24, 2.45) is 0 Å². The smallest absolute Gasteiger partial charge is 0.246 e. The molecule has 4 nitrogen and oxygen atoms in total. The SMILES string of the molecule is O=C(/C=C/c1c(-c2ccccc2)nn2ccccc12)N1CCCCC1. The molecule has 25 heavy (non-hydrogen) atoms. The van der Waals surface area contributed by atoms with Gasteiger partial charge in [0.2, 0.25) is 5.91 Å². The van der Waals surface area contributed by atoms with Gasteiger partial charge in [0.15, 0.2) is 0 Å². The molecule has 0 N–H and O–H groups in total. The van der Waals surface area contributed by atoms with Crippen LogP contribution in [0.25, 0.3) is 22.9 Å². The Labute approximate surface area is 147 Å². The minimum Gasteiger partial charge on any atom is -0.339 e. The van der Waals surface area contributed by atoms with Crippen LogP contribution in [0.2, 0.25) is 0 Å². The number of benzene rings is 1. The predicted molar refractivity (Wildman–Crippen MR) is 100 cm³/mol. The predicted octanol–water partition coefficient (Wildman–Crippen LogP) is 4.03. The van der Waals surface area contributed by atoms with E-state index in [1.165, 1.54) is 6.42 Å². The molecule has 1 aromatic carbocycles. The molecule has 0 atom stereocenters. The van der Waals surface area contributed by atoms with E-state index in [-0.39, 0.29) is 5.91 Å². The van der Waals surface area contributed by atoms with Crippen LogP contribution in [0.15, 0.2) is 60.8 Å². The third-order valence-electron chi connectivity index (χ3n) is 4.69. The summed E-state index contributed by atoms with van der Waals surface area (Å²) in [6.45, 7) is 1.73. The number of fused-ring (bicyclic) bond motifs is 1. The van der Waals surface area contributed by atoms with E-state index in [1.807, 2.05) is 70.2 Å². The van der Waals surface area contributed by atoms with Crippen molar-refractivity contribution in [1.82, 2.24) is 14.5 Å². The minimum absolute atomic E-state index is 0.0917. The highest BCUT2D eigenvalue weighted by Crippen LogP contribution is 2.27. The second-order valence-electron chi connectivity index (χ2n) is 6.38. The van der Waals surface area contributed by atoms with E-state index in [9.17, 15) is 4.79 Å². The number of amides is 1. The highest BCUT2D eigenvalue weighted by molar-refractivity contribution is 5.95. The molecule has 0 bridgehead atoms. The highest BCUT2D eigenvalue weighted by atomic mass is 16.2. The Hall–Kier alpha value is -2.88. The van der Waals surface area contributed by atoms with Gasteiger partial charge in [-0.25, -0.2) is 4.52 Å². The van der Waals surface area contributed by atoms with E-state index >= 15 is 0 Å². The summed E-state index contributed by atoms with van der Waals surface area (Å²) in [5.74, 6) is 0.0917. The number of carbonyl (C=O) groups is 1. The number of hydrogen-bond acceptors (Lipinski definition) is 2. The van der Waals surface area contributed by atoms with Crippen LogP contribution in [0.3, 0.4) is 0 Å². The van der Waals surface area contributed by atoms with Crippen LogP contribution in [0.5, 0.6) is 0 Å². The summed E-state index contributed by atoms with van der Waals surface area (Å²) >= 11 is 0. The Balaban J connectivity index is 1.72. The normalized spacial score (nSPS) is 15.1. The lowest BCUT2D eigenvalue weighted by Crippen LogP contribution is -2.34. The molecular formula is C21H21N3O. The first kappa shape index (κ1) is 15.6. The number of pyridine rings is 1. The van der Waals surface area contributed by atoms with Crippen LogP contribution in [-0.4, -0.2) is 33.5 Å². The Bertz CT molecular complexity index is 905. The van der Waals surface area contributed by atoms with Crippen molar-refractivity contribution in [3.05, 3.63) is 66.4 Å². The van der Waals surface area contributed by atoms with E-state index in [1.54, 1.807) is 6.08 Å². The molecule has 0 spiro atoms. The van der Waals surface area contributed by atoms with Gasteiger partial charge in [0.1, 0.15) is 5.69 Å². The van der Waals surface area contributed by atoms with Gasteiger partial charge in [-0.15, -0.1) is 0 Å². The second kappa shape index (κ2) is 6.93. The number of nitrogens with zero attached hydrogens (tertiary/aromatic N) is 3. The molecule has 3 aromatic rings. The molecule has 1 amide bonds. The van der Waals surface area contributed by atoms with Crippen molar-refractivity contribution in [3.63, 3.8) is 0 Å². The maximum atomic E-state index is 12.5. The van der Waals surface area contributed by atoms with Crippen LogP contribution in [-0.2, 0) is 4.79 Å². The fraction of sp³-hybridized carbons (Fsp3) is 0.238. The van der Waals surface area contributed by atoms with Gasteiger partial charge in [-0.3, -0.25) is 4.79 Å². The van der Waals surface area contributed by atoms with Gasteiger partial charge in [0.05, 0.1) is 5.52 Å². The quantitative estimate of drug-likeness (QED) is 0.680. The summed E-state index contributed by atoms with van der Waals surface area (Å²) in [4.78, 5) is 14.4. The first-order valence-electron chi connectivity index (χ1n) is 8.83. The van der Waals surface area contributed by atoms with E-state index in [0.717, 1.165) is 48.3 Å². The molecule has 4 rings (SSSR count). The second-order valence-corrected chi connectivity index (χ2v) is 6.38. The van der Waals surface area contributed by atoms with E-state index in [0.29, 0.717) is 0 Å². The van der Waals surface area contributed by atoms with Gasteiger partial charge in [-0.2, -0.15) is 5.10 Å². The van der Waals surface area contributed by atoms with Crippen LogP contribution in [0.4, 0.5) is 0 Å². The van der Waals surface area contributed by atoms with Gasteiger partial charge in [-0.05, 0) is 37.5 Å². The zero-order chi connectivity index (χ0) is 17.1. The van der Waals surface area contributed by atoms with Gasteiger partial charge >= 0.3 is 0 Å². The lowest BCUT2D eigenvalue weighted by atomic mass is 10.1. The summed E-state index contributed by atoms with van der Waals surface area (Å²) in [7, 11) is 0. The summed E-state index contributed by atoms with van der Waals surface area (Å²) in [6, 6.07) is 16.1. The molecular weight excluding hydrogens is 310 g/mol. The standard InChI is InChI=1S/C21H21N3O/c25-20(23-14-6-2-7-15-23)13-12-18-19-11-5-8-16-24(19)22-21(18)17-9-3-1-4-10-17/h1,3-5,8-13,16H,2,6-7,14-15H2/b13-12+. The van der Waals surface area contributed by atoms with Gasteiger partial charge in [-0.1, -0.05) is 36.4 Å². The van der Waals surface area contributed by atoms with E-state index < -0.39 is 0 Å². The maximum absolute atomic E-state index is 12.5. The Morgan fingerprint density at radius 2 is 1.72 bits per heavy atom. The first-order chi connectivity index (χ1) is 12.3. The average Bonchev–Trinajstić information content (AvgIpc) is 3.06. The number of carbonyl (C=O) groups excluding carboxylic acids is 1. The fourth-order valence-corrected chi connectivity index (χ4v) is 3.37. The maximum Gasteiger partial charge on any atom is 0.246 e. The number of hydrogen-bond donors (Lipinski definition) is 0. The lowest BCUT2D eigenvalue weighted by molar-refractivity contribution is -0.126. The van der Waals surface area contributed by atoms with Crippen molar-refractivity contribution < 1.29 is 4.79 Å². The lowest BCUT2D eigenvalue weighted by Gasteiger charge is -2.25. The molecule has 1 aliphatic rings. The number of aromatic nitrogens is 2. The van der Waals surface area contributed by atoms with Crippen LogP contribution < -0.4 is 0 Å². The molecule has 1 aliphatic heterocycles. The van der Waals surface area contributed by atoms with Crippen molar-refractivity contribution >= 4 is 17.5 Å². The van der Waals surface area contributed by atoms with Crippen molar-refractivity contribution in [3.8, 4) is 11.3 Å². The van der Waals surface area contributed by atoms with E-state index in [2.05, 4.69) is 0 Å². The molecule has 0 unspecified atom stereocenters. The molecule has 3 heterocycles. The van der Waals surface area contributed by atoms with Crippen LogP contribution in [0, 0.1) is 0 Å². The van der Waals surface area contributed by atoms with Crippen molar-refractivity contribution in [2.75, 3.05) is 13.1 Å². The molecule has 1 fully saturated rings. The van der Waals surface area contributed by atoms with Gasteiger partial charge in [0.25, 0.3) is 0 Å². The number of piperidine rings is 1. The molecule has 0 radical (unpaired) electrons. The van der Waals surface area contributed by atoms with Crippen LogP contribution in [0.1, 0.15) is 24.8 Å². The first-order valence-corrected chi connectivity index (χ1v) is 8.83. The summed E-state index contributed by atoms with van der Waals surface area (Å²) in [5, 5.41) is 4.71. The van der Waals surface area contributed by atoms with Gasteiger partial charge in [0, 0.05) is 36.5 Å². The average molecular weight is 331 g/mol. The van der Waals surface area contributed by atoms with Crippen molar-refractivity contribution in [2.45, 2.75) is 19.3 Å². The topological polar surface area (TPSA) is 37.6 Å². The highest BCUT2D eigenvalue weighted by Gasteiger charge is 2.16. The summed E-state index contributed by atoms with van der Waals surface area (Å²) < 4.78 is 1.87. The number of likely N-dealkylation sites (tertiary alicyclic amines) is 1. The number of rotatable bonds is 3. The molecule has 0 saturated carbocycles. The zero-order valence-corrected chi connectivity index (χ0v) is 14.1. The van der Waals surface area contributed by atoms with Crippen molar-refractivity contribution in [1.29, 1.82) is 0 Å². The Morgan fingerprint density at radius 1 is 0.960 bits per heavy atom. The third-order valence-corrected chi connectivity index (χ3v) is 4.69.